The lowest BCUT2D eigenvalue weighted by Gasteiger charge is -2.60. The molecule has 2 fully saturated rings. The topological polar surface area (TPSA) is 132 Å². The highest BCUT2D eigenvalue weighted by Crippen LogP contribution is 2.61. The van der Waals surface area contributed by atoms with Gasteiger partial charge in [-0.2, -0.15) is 0 Å². The normalized spacial score (nSPS) is 31.5. The van der Waals surface area contributed by atoms with E-state index in [4.69, 9.17) is 23.7 Å². The molecule has 1 aromatic rings. The zero-order chi connectivity index (χ0) is 34.8. The van der Waals surface area contributed by atoms with E-state index in [1.54, 1.807) is 6.08 Å². The van der Waals surface area contributed by atoms with E-state index in [9.17, 15) is 24.0 Å². The van der Waals surface area contributed by atoms with Crippen LogP contribution in [0.25, 0.3) is 6.08 Å². The Labute approximate surface area is 276 Å². The molecule has 0 N–H and O–H groups in total. The first-order valence-electron chi connectivity index (χ1n) is 16.0. The Kier molecular flexibility index (Phi) is 10.5. The van der Waals surface area contributed by atoms with Crippen LogP contribution in [0, 0.1) is 22.7 Å². The van der Waals surface area contributed by atoms with Crippen LogP contribution < -0.4 is 0 Å². The van der Waals surface area contributed by atoms with Crippen molar-refractivity contribution in [3.63, 3.8) is 0 Å². The highest BCUT2D eigenvalue weighted by Gasteiger charge is 2.64. The van der Waals surface area contributed by atoms with Crippen LogP contribution in [0.3, 0.4) is 0 Å². The third-order valence-corrected chi connectivity index (χ3v) is 10.1. The maximum Gasteiger partial charge on any atom is 0.331 e. The van der Waals surface area contributed by atoms with Gasteiger partial charge in [0, 0.05) is 51.0 Å². The van der Waals surface area contributed by atoms with Crippen LogP contribution in [0.1, 0.15) is 80.2 Å². The van der Waals surface area contributed by atoms with Gasteiger partial charge >= 0.3 is 29.8 Å². The Morgan fingerprint density at radius 1 is 0.809 bits per heavy atom. The Bertz CT molecular complexity index is 1490. The zero-order valence-corrected chi connectivity index (χ0v) is 28.5. The molecule has 0 radical (unpaired) electrons. The maximum absolute atomic E-state index is 13.1. The Hall–Kier alpha value is -4.21. The number of hydrogen-bond donors (Lipinski definition) is 0. The lowest BCUT2D eigenvalue weighted by atomic mass is 9.49. The first kappa shape index (κ1) is 35.6. The van der Waals surface area contributed by atoms with Gasteiger partial charge in [-0.15, -0.1) is 0 Å². The fraction of sp³-hybridized carbons (Fsp3) is 0.541. The van der Waals surface area contributed by atoms with Crippen molar-refractivity contribution < 1.29 is 47.7 Å². The van der Waals surface area contributed by atoms with E-state index < -0.39 is 83.0 Å². The van der Waals surface area contributed by atoms with Gasteiger partial charge in [-0.1, -0.05) is 57.7 Å². The van der Waals surface area contributed by atoms with Crippen molar-refractivity contribution in [2.24, 2.45) is 22.7 Å². The van der Waals surface area contributed by atoms with E-state index in [1.807, 2.05) is 58.0 Å². The van der Waals surface area contributed by atoms with Crippen LogP contribution in [-0.2, 0) is 47.7 Å². The van der Waals surface area contributed by atoms with E-state index in [1.165, 1.54) is 33.8 Å². The Balaban J connectivity index is 1.90. The summed E-state index contributed by atoms with van der Waals surface area (Å²) in [6, 6.07) is 9.33. The molecule has 0 aromatic heterocycles. The minimum Gasteiger partial charge on any atom is -0.462 e. The van der Waals surface area contributed by atoms with Crippen LogP contribution in [0.15, 0.2) is 59.7 Å². The molecule has 1 aromatic carbocycles. The Morgan fingerprint density at radius 3 is 1.98 bits per heavy atom. The van der Waals surface area contributed by atoms with Gasteiger partial charge in [0.2, 0.25) is 0 Å². The van der Waals surface area contributed by atoms with Crippen molar-refractivity contribution in [1.82, 2.24) is 0 Å². The molecule has 0 spiro atoms. The second kappa shape index (κ2) is 13.9. The molecular weight excluding hydrogens is 604 g/mol. The van der Waals surface area contributed by atoms with Crippen molar-refractivity contribution in [3.8, 4) is 0 Å². The van der Waals surface area contributed by atoms with Crippen LogP contribution >= 0.6 is 0 Å². The lowest BCUT2D eigenvalue weighted by molar-refractivity contribution is -0.204. The van der Waals surface area contributed by atoms with E-state index in [-0.39, 0.29) is 0 Å². The average molecular weight is 651 g/mol. The summed E-state index contributed by atoms with van der Waals surface area (Å²) in [5.41, 5.74) is 0.822. The molecule has 0 amide bonds. The molecule has 10 nitrogen and oxygen atoms in total. The van der Waals surface area contributed by atoms with Crippen molar-refractivity contribution in [3.05, 3.63) is 65.3 Å². The van der Waals surface area contributed by atoms with Crippen LogP contribution in [0.2, 0.25) is 0 Å². The quantitative estimate of drug-likeness (QED) is 0.157. The number of carbonyl (C=O) groups excluding carboxylic acids is 5. The van der Waals surface area contributed by atoms with Crippen molar-refractivity contribution in [2.75, 3.05) is 0 Å². The minimum atomic E-state index is -1.06. The summed E-state index contributed by atoms with van der Waals surface area (Å²) in [7, 11) is 0. The molecule has 8 atom stereocenters. The van der Waals surface area contributed by atoms with Gasteiger partial charge in [-0.05, 0) is 60.0 Å². The highest BCUT2D eigenvalue weighted by atomic mass is 16.6. The minimum absolute atomic E-state index is 0.301. The molecule has 254 valence electrons. The number of hydrogen-bond acceptors (Lipinski definition) is 10. The lowest BCUT2D eigenvalue weighted by Crippen LogP contribution is -2.64. The highest BCUT2D eigenvalue weighted by molar-refractivity contribution is 5.87. The van der Waals surface area contributed by atoms with E-state index in [2.05, 4.69) is 6.58 Å². The number of fused-ring (bicyclic) bond motifs is 3. The van der Waals surface area contributed by atoms with Gasteiger partial charge in [0.25, 0.3) is 0 Å². The summed E-state index contributed by atoms with van der Waals surface area (Å²) in [5.74, 6) is -3.98. The predicted octanol–water partition coefficient (Wildman–Crippen LogP) is 5.69. The summed E-state index contributed by atoms with van der Waals surface area (Å²) in [5, 5.41) is 0. The molecular formula is C37H46O10. The van der Waals surface area contributed by atoms with Gasteiger partial charge < -0.3 is 23.7 Å². The van der Waals surface area contributed by atoms with Crippen LogP contribution in [-0.4, -0.2) is 60.4 Å². The number of rotatable bonds is 7. The van der Waals surface area contributed by atoms with Crippen molar-refractivity contribution in [1.29, 1.82) is 0 Å². The van der Waals surface area contributed by atoms with E-state index in [0.717, 1.165) is 5.56 Å². The van der Waals surface area contributed by atoms with Gasteiger partial charge in [0.05, 0.1) is 0 Å². The van der Waals surface area contributed by atoms with Crippen LogP contribution in [0.4, 0.5) is 0 Å². The third-order valence-electron chi connectivity index (χ3n) is 10.1. The summed E-state index contributed by atoms with van der Waals surface area (Å²) in [6.45, 7) is 17.3. The second-order valence-electron chi connectivity index (χ2n) is 13.7. The van der Waals surface area contributed by atoms with Crippen LogP contribution in [0.5, 0.6) is 0 Å². The first-order valence-corrected chi connectivity index (χ1v) is 16.0. The molecule has 0 saturated heterocycles. The fourth-order valence-electron chi connectivity index (χ4n) is 8.16. The smallest absolute Gasteiger partial charge is 0.331 e. The molecule has 2 bridgehead atoms. The Morgan fingerprint density at radius 2 is 1.40 bits per heavy atom. The van der Waals surface area contributed by atoms with E-state index >= 15 is 0 Å². The number of carbonyl (C=O) groups is 5. The van der Waals surface area contributed by atoms with E-state index in [0.29, 0.717) is 36.0 Å². The largest absolute Gasteiger partial charge is 0.462 e. The molecule has 0 unspecified atom stereocenters. The molecule has 0 aliphatic heterocycles. The molecule has 3 aliphatic rings. The summed E-state index contributed by atoms with van der Waals surface area (Å²) in [4.78, 5) is 63.7. The van der Waals surface area contributed by atoms with Gasteiger partial charge in [0.1, 0.15) is 24.4 Å². The molecule has 2 saturated carbocycles. The molecule has 3 aliphatic carbocycles. The van der Waals surface area contributed by atoms with Crippen molar-refractivity contribution in [2.45, 2.75) is 105 Å². The second-order valence-corrected chi connectivity index (χ2v) is 13.7. The number of esters is 5. The third kappa shape index (κ3) is 7.36. The SMILES string of the molecule is C=C1[C@H](OC(=O)/C=C\c2ccccc2)CC[C@@]2(C)[C@@H](OC(C)=O)[C@@H](OC(C)=O)C3=C(C)[C@H](OC(C)=O)C[C@H]([C@H](OC(C)=O)[C@H]12)C3(C)C. The van der Waals surface area contributed by atoms with Gasteiger partial charge in [0.15, 0.2) is 6.10 Å². The first-order chi connectivity index (χ1) is 22.0. The number of benzene rings is 1. The summed E-state index contributed by atoms with van der Waals surface area (Å²) >= 11 is 0. The summed E-state index contributed by atoms with van der Waals surface area (Å²) < 4.78 is 30.1. The summed E-state index contributed by atoms with van der Waals surface area (Å²) in [6.07, 6.45) is -0.472. The monoisotopic (exact) mass is 650 g/mol. The fourth-order valence-corrected chi connectivity index (χ4v) is 8.16. The predicted molar refractivity (Wildman–Crippen MR) is 172 cm³/mol. The maximum atomic E-state index is 13.1. The molecule has 4 rings (SSSR count). The van der Waals surface area contributed by atoms with Gasteiger partial charge in [-0.25, -0.2) is 4.79 Å². The van der Waals surface area contributed by atoms with Crippen molar-refractivity contribution >= 4 is 35.9 Å². The number of ether oxygens (including phenoxy) is 5. The standard InChI is InChI=1S/C37H46O10/c1-20-28(47-30(42)16-15-26-13-11-10-12-14-26)17-18-37(9)32(20)33(44-23(4)39)27-19-29(43-22(3)38)21(2)31(36(27,7)8)34(45-24(5)40)35(37)46-25(6)41/h10-16,27-29,32-35H,1,17-19H2,2-9H3/b16-15-/t27-,28-,29-,32+,33+,34+,35+,37-/m1/s1. The molecule has 10 heteroatoms. The van der Waals surface area contributed by atoms with Gasteiger partial charge in [-0.3, -0.25) is 19.2 Å². The molecule has 47 heavy (non-hydrogen) atoms. The average Bonchev–Trinajstić information content (AvgIpc) is 2.96. The zero-order valence-electron chi connectivity index (χ0n) is 28.5. The molecule has 0 heterocycles.